The van der Waals surface area contributed by atoms with E-state index >= 15 is 0 Å². The van der Waals surface area contributed by atoms with Crippen molar-refractivity contribution in [1.29, 1.82) is 0 Å². The number of aryl methyl sites for hydroxylation is 1. The van der Waals surface area contributed by atoms with E-state index in [-0.39, 0.29) is 0 Å². The molecule has 2 rings (SSSR count). The van der Waals surface area contributed by atoms with Gasteiger partial charge in [-0.3, -0.25) is 0 Å². The quantitative estimate of drug-likeness (QED) is 0.668. The molecular weight excluding hydrogens is 180 g/mol. The minimum Gasteiger partial charge on any atom is -0.0985 e. The molecule has 0 radical (unpaired) electrons. The molecule has 0 aliphatic rings. The summed E-state index contributed by atoms with van der Waals surface area (Å²) in [5.41, 5.74) is 5.03. The van der Waals surface area contributed by atoms with Crippen molar-refractivity contribution in [3.63, 3.8) is 0 Å². The third-order valence-corrected chi connectivity index (χ3v) is 2.60. The largest absolute Gasteiger partial charge is 0.0985 e. The first-order chi connectivity index (χ1) is 7.31. The Morgan fingerprint density at radius 1 is 0.933 bits per heavy atom. The van der Waals surface area contributed by atoms with Gasteiger partial charge in [-0.2, -0.15) is 0 Å². The van der Waals surface area contributed by atoms with Gasteiger partial charge in [0.15, 0.2) is 0 Å². The van der Waals surface area contributed by atoms with E-state index in [1.807, 2.05) is 6.08 Å². The highest BCUT2D eigenvalue weighted by molar-refractivity contribution is 5.68. The van der Waals surface area contributed by atoms with Crippen molar-refractivity contribution in [3.05, 3.63) is 66.2 Å². The molecule has 0 saturated heterocycles. The molecule has 0 aliphatic heterocycles. The second-order valence-electron chi connectivity index (χ2n) is 3.64. The van der Waals surface area contributed by atoms with Gasteiger partial charge in [0.2, 0.25) is 0 Å². The van der Waals surface area contributed by atoms with Gasteiger partial charge in [0.25, 0.3) is 0 Å². The molecule has 0 saturated carbocycles. The minimum atomic E-state index is 1.16. The van der Waals surface area contributed by atoms with Gasteiger partial charge in [0, 0.05) is 0 Å². The summed E-state index contributed by atoms with van der Waals surface area (Å²) in [6, 6.07) is 16.9. The van der Waals surface area contributed by atoms with Crippen LogP contribution in [0, 0.1) is 6.92 Å². The summed E-state index contributed by atoms with van der Waals surface area (Å²) in [6.07, 6.45) is 1.86. The molecule has 0 amide bonds. The normalized spacial score (nSPS) is 9.93. The highest BCUT2D eigenvalue weighted by Gasteiger charge is 1.99. The van der Waals surface area contributed by atoms with E-state index < -0.39 is 0 Å². The Kier molecular flexibility index (Phi) is 2.68. The van der Waals surface area contributed by atoms with Crippen LogP contribution in [0.3, 0.4) is 0 Å². The summed E-state index contributed by atoms with van der Waals surface area (Å²) in [4.78, 5) is 0. The Morgan fingerprint density at radius 3 is 2.20 bits per heavy atom. The molecule has 0 heteroatoms. The fourth-order valence-electron chi connectivity index (χ4n) is 1.70. The van der Waals surface area contributed by atoms with Gasteiger partial charge in [-0.1, -0.05) is 61.2 Å². The first-order valence-corrected chi connectivity index (χ1v) is 5.10. The van der Waals surface area contributed by atoms with Crippen molar-refractivity contribution in [1.82, 2.24) is 0 Å². The monoisotopic (exact) mass is 194 g/mol. The molecule has 0 unspecified atom stereocenters. The fourth-order valence-corrected chi connectivity index (χ4v) is 1.70. The van der Waals surface area contributed by atoms with E-state index in [1.165, 1.54) is 16.7 Å². The van der Waals surface area contributed by atoms with Crippen LogP contribution >= 0.6 is 0 Å². The maximum Gasteiger partial charge on any atom is -0.0155 e. The number of hydrogen-bond acceptors (Lipinski definition) is 0. The Balaban J connectivity index is 2.46. The Hall–Kier alpha value is -1.82. The zero-order valence-electron chi connectivity index (χ0n) is 8.90. The zero-order chi connectivity index (χ0) is 10.7. The van der Waals surface area contributed by atoms with Crippen LogP contribution in [0.4, 0.5) is 0 Å². The van der Waals surface area contributed by atoms with Crippen LogP contribution in [0.2, 0.25) is 0 Å². The van der Waals surface area contributed by atoms with E-state index in [0.717, 1.165) is 5.56 Å². The fraction of sp³-hybridized carbons (Fsp3) is 0.0667. The lowest BCUT2D eigenvalue weighted by atomic mass is 10.00. The highest BCUT2D eigenvalue weighted by atomic mass is 14.0. The zero-order valence-corrected chi connectivity index (χ0v) is 8.90. The van der Waals surface area contributed by atoms with Gasteiger partial charge in [0.05, 0.1) is 0 Å². The topological polar surface area (TPSA) is 0 Å². The van der Waals surface area contributed by atoms with Crippen molar-refractivity contribution >= 4 is 6.08 Å². The summed E-state index contributed by atoms with van der Waals surface area (Å²) < 4.78 is 0. The van der Waals surface area contributed by atoms with Gasteiger partial charge in [0.1, 0.15) is 0 Å². The number of benzene rings is 2. The molecule has 0 spiro atoms. The maximum atomic E-state index is 3.75. The van der Waals surface area contributed by atoms with E-state index in [4.69, 9.17) is 0 Å². The molecule has 0 atom stereocenters. The van der Waals surface area contributed by atoms with E-state index in [2.05, 4.69) is 62.0 Å². The van der Waals surface area contributed by atoms with E-state index in [9.17, 15) is 0 Å². The van der Waals surface area contributed by atoms with Crippen LogP contribution in [0.25, 0.3) is 17.2 Å². The van der Waals surface area contributed by atoms with Gasteiger partial charge >= 0.3 is 0 Å². The summed E-state index contributed by atoms with van der Waals surface area (Å²) in [5.74, 6) is 0. The van der Waals surface area contributed by atoms with E-state index in [0.29, 0.717) is 0 Å². The second-order valence-corrected chi connectivity index (χ2v) is 3.64. The molecule has 0 heterocycles. The summed E-state index contributed by atoms with van der Waals surface area (Å²) in [7, 11) is 0. The molecule has 0 N–H and O–H groups in total. The maximum absolute atomic E-state index is 3.75. The summed E-state index contributed by atoms with van der Waals surface area (Å²) in [6.45, 7) is 5.89. The van der Waals surface area contributed by atoms with Crippen LogP contribution in [0.15, 0.2) is 55.1 Å². The lowest BCUT2D eigenvalue weighted by molar-refractivity contribution is 1.46. The molecule has 0 aromatic heterocycles. The van der Waals surface area contributed by atoms with Gasteiger partial charge < -0.3 is 0 Å². The third-order valence-electron chi connectivity index (χ3n) is 2.60. The lowest BCUT2D eigenvalue weighted by Crippen LogP contribution is -1.82. The SMILES string of the molecule is C=Cc1ccc(-c2ccccc2C)cc1. The molecule has 74 valence electrons. The van der Waals surface area contributed by atoms with Crippen LogP contribution in [0.5, 0.6) is 0 Å². The number of rotatable bonds is 2. The summed E-state index contributed by atoms with van der Waals surface area (Å²) in [5, 5.41) is 0. The number of hydrogen-bond donors (Lipinski definition) is 0. The summed E-state index contributed by atoms with van der Waals surface area (Å²) >= 11 is 0. The molecule has 15 heavy (non-hydrogen) atoms. The lowest BCUT2D eigenvalue weighted by Gasteiger charge is -2.05. The van der Waals surface area contributed by atoms with Gasteiger partial charge in [-0.05, 0) is 29.2 Å². The molecule has 0 fully saturated rings. The average molecular weight is 194 g/mol. The molecule has 0 bridgehead atoms. The molecule has 0 nitrogen and oxygen atoms in total. The standard InChI is InChI=1S/C15H14/c1-3-13-8-10-14(11-9-13)15-7-5-4-6-12(15)2/h3-11H,1H2,2H3. The first-order valence-electron chi connectivity index (χ1n) is 5.10. The minimum absolute atomic E-state index is 1.16. The van der Waals surface area contributed by atoms with Crippen LogP contribution in [-0.2, 0) is 0 Å². The highest BCUT2D eigenvalue weighted by Crippen LogP contribution is 2.23. The van der Waals surface area contributed by atoms with Crippen molar-refractivity contribution in [2.24, 2.45) is 0 Å². The van der Waals surface area contributed by atoms with Crippen LogP contribution in [0.1, 0.15) is 11.1 Å². The third kappa shape index (κ3) is 1.99. The second kappa shape index (κ2) is 4.14. The van der Waals surface area contributed by atoms with Crippen molar-refractivity contribution in [2.45, 2.75) is 6.92 Å². The smallest absolute Gasteiger partial charge is 0.0155 e. The van der Waals surface area contributed by atoms with Gasteiger partial charge in [-0.15, -0.1) is 0 Å². The van der Waals surface area contributed by atoms with Crippen molar-refractivity contribution < 1.29 is 0 Å². The molecular formula is C15H14. The molecule has 2 aromatic rings. The molecule has 2 aromatic carbocycles. The average Bonchev–Trinajstić information content (AvgIpc) is 2.30. The predicted molar refractivity (Wildman–Crippen MR) is 66.7 cm³/mol. The molecule has 0 aliphatic carbocycles. The predicted octanol–water partition coefficient (Wildman–Crippen LogP) is 4.31. The first kappa shape index (κ1) is 9.72. The van der Waals surface area contributed by atoms with Gasteiger partial charge in [-0.25, -0.2) is 0 Å². The van der Waals surface area contributed by atoms with Crippen molar-refractivity contribution in [2.75, 3.05) is 0 Å². The van der Waals surface area contributed by atoms with Crippen LogP contribution < -0.4 is 0 Å². The Labute approximate surface area is 90.9 Å². The van der Waals surface area contributed by atoms with Crippen molar-refractivity contribution in [3.8, 4) is 11.1 Å². The Bertz CT molecular complexity index is 464. The van der Waals surface area contributed by atoms with E-state index in [1.54, 1.807) is 0 Å². The van der Waals surface area contributed by atoms with Crippen LogP contribution in [-0.4, -0.2) is 0 Å². The Morgan fingerprint density at radius 2 is 1.60 bits per heavy atom.